The summed E-state index contributed by atoms with van der Waals surface area (Å²) in [4.78, 5) is 12.6. The second kappa shape index (κ2) is 15.9. The quantitative estimate of drug-likeness (QED) is 0.138. The van der Waals surface area contributed by atoms with E-state index in [4.69, 9.17) is 9.97 Å². The van der Waals surface area contributed by atoms with Crippen LogP contribution in [0.5, 0.6) is 0 Å². The Hall–Kier alpha value is -7.95. The lowest BCUT2D eigenvalue weighted by Gasteiger charge is -2.25. The summed E-state index contributed by atoms with van der Waals surface area (Å²) in [5, 5.41) is 2.36. The third kappa shape index (κ3) is 7.39. The van der Waals surface area contributed by atoms with Crippen molar-refractivity contribution in [3.63, 3.8) is 0 Å². The zero-order chi connectivity index (χ0) is 39.4. The van der Waals surface area contributed by atoms with Crippen molar-refractivity contribution in [3.8, 4) is 61.8 Å². The molecular formula is C55H39N4+. The van der Waals surface area contributed by atoms with Gasteiger partial charge in [0, 0.05) is 52.3 Å². The van der Waals surface area contributed by atoms with Crippen molar-refractivity contribution >= 4 is 27.8 Å². The Balaban J connectivity index is 0.977. The van der Waals surface area contributed by atoms with E-state index in [1.807, 2.05) is 12.1 Å². The molecule has 0 aliphatic heterocycles. The number of benzene rings is 8. The van der Waals surface area contributed by atoms with Gasteiger partial charge < -0.3 is 4.90 Å². The van der Waals surface area contributed by atoms with Gasteiger partial charge in [0.2, 0.25) is 5.69 Å². The van der Waals surface area contributed by atoms with Gasteiger partial charge >= 0.3 is 0 Å². The molecule has 0 bridgehead atoms. The number of pyridine rings is 1. The molecule has 4 nitrogen and oxygen atoms in total. The molecule has 0 fully saturated rings. The minimum Gasteiger partial charge on any atom is -0.310 e. The molecule has 0 amide bonds. The van der Waals surface area contributed by atoms with Gasteiger partial charge in [-0.05, 0) is 63.4 Å². The molecule has 0 N–H and O–H groups in total. The van der Waals surface area contributed by atoms with Gasteiger partial charge in [-0.25, -0.2) is 9.97 Å². The van der Waals surface area contributed by atoms with Crippen LogP contribution >= 0.6 is 0 Å². The first-order valence-corrected chi connectivity index (χ1v) is 19.9. The Bertz CT molecular complexity index is 2900. The lowest BCUT2D eigenvalue weighted by Crippen LogP contribution is -2.29. The molecule has 2 heterocycles. The highest BCUT2D eigenvalue weighted by molar-refractivity contribution is 5.96. The highest BCUT2D eigenvalue weighted by atomic mass is 15.1. The SMILES string of the molecule is c1ccc(-c2ccc(N(c3ccc(-c4ccc(-c5nc(-c6ccccc6)cc(-c6cccc7ccccc67)n5)cc4)cc3)c3cc[n+](-c4ccccc4)cc3)cc2)cc1. The second-order valence-corrected chi connectivity index (χ2v) is 14.5. The first-order valence-electron chi connectivity index (χ1n) is 19.9. The zero-order valence-electron chi connectivity index (χ0n) is 32.3. The largest absolute Gasteiger partial charge is 0.310 e. The van der Waals surface area contributed by atoms with Crippen molar-refractivity contribution in [3.05, 3.63) is 237 Å². The van der Waals surface area contributed by atoms with Crippen molar-refractivity contribution in [2.45, 2.75) is 0 Å². The highest BCUT2D eigenvalue weighted by Crippen LogP contribution is 2.37. The maximum absolute atomic E-state index is 5.17. The van der Waals surface area contributed by atoms with Crippen molar-refractivity contribution in [1.82, 2.24) is 9.97 Å². The molecule has 59 heavy (non-hydrogen) atoms. The standard InChI is InChI=1S/C55H39N4/c1-4-13-40(14-5-1)42-27-31-48(32-28-42)59(50-35-37-58(38-36-50)47-19-8-3-9-20-47)49-33-29-43(30-34-49)41-23-25-46(26-24-41)55-56-53(45-16-6-2-7-17-45)39-54(57-55)52-22-12-18-44-15-10-11-21-51(44)52/h1-39H/q+1. The molecule has 0 saturated heterocycles. The molecule has 8 aromatic carbocycles. The summed E-state index contributed by atoms with van der Waals surface area (Å²) < 4.78 is 2.14. The third-order valence-electron chi connectivity index (χ3n) is 10.8. The van der Waals surface area contributed by atoms with E-state index in [0.29, 0.717) is 5.82 Å². The van der Waals surface area contributed by atoms with E-state index in [-0.39, 0.29) is 0 Å². The van der Waals surface area contributed by atoms with Gasteiger partial charge in [-0.15, -0.1) is 0 Å². The normalized spacial score (nSPS) is 11.1. The van der Waals surface area contributed by atoms with Crippen LogP contribution in [0.1, 0.15) is 0 Å². The van der Waals surface area contributed by atoms with Crippen LogP contribution < -0.4 is 9.47 Å². The average Bonchev–Trinajstić information content (AvgIpc) is 3.33. The van der Waals surface area contributed by atoms with E-state index in [1.165, 1.54) is 21.9 Å². The fraction of sp³-hybridized carbons (Fsp3) is 0. The smallest absolute Gasteiger partial charge is 0.210 e. The fourth-order valence-electron chi connectivity index (χ4n) is 7.76. The zero-order valence-corrected chi connectivity index (χ0v) is 32.3. The molecule has 0 aliphatic carbocycles. The van der Waals surface area contributed by atoms with E-state index >= 15 is 0 Å². The number of hydrogen-bond acceptors (Lipinski definition) is 3. The molecule has 0 spiro atoms. The highest BCUT2D eigenvalue weighted by Gasteiger charge is 2.17. The lowest BCUT2D eigenvalue weighted by atomic mass is 10.00. The first kappa shape index (κ1) is 35.5. The molecule has 4 heteroatoms. The van der Waals surface area contributed by atoms with Gasteiger partial charge in [-0.3, -0.25) is 0 Å². The monoisotopic (exact) mass is 755 g/mol. The van der Waals surface area contributed by atoms with E-state index in [9.17, 15) is 0 Å². The molecular weight excluding hydrogens is 717 g/mol. The van der Waals surface area contributed by atoms with Crippen molar-refractivity contribution < 1.29 is 4.57 Å². The Morgan fingerprint density at radius 1 is 0.339 bits per heavy atom. The van der Waals surface area contributed by atoms with Crippen LogP contribution in [0.3, 0.4) is 0 Å². The molecule has 10 aromatic rings. The maximum Gasteiger partial charge on any atom is 0.210 e. The van der Waals surface area contributed by atoms with Crippen LogP contribution in [0, 0.1) is 0 Å². The molecule has 0 aliphatic rings. The van der Waals surface area contributed by atoms with Gasteiger partial charge in [0.1, 0.15) is 0 Å². The topological polar surface area (TPSA) is 32.9 Å². The van der Waals surface area contributed by atoms with E-state index in [2.05, 4.69) is 234 Å². The third-order valence-corrected chi connectivity index (χ3v) is 10.8. The van der Waals surface area contributed by atoms with Crippen LogP contribution in [0.2, 0.25) is 0 Å². The summed E-state index contributed by atoms with van der Waals surface area (Å²) >= 11 is 0. The minimum atomic E-state index is 0.696. The predicted octanol–water partition coefficient (Wildman–Crippen LogP) is 13.7. The minimum absolute atomic E-state index is 0.696. The van der Waals surface area contributed by atoms with Crippen LogP contribution in [0.15, 0.2) is 237 Å². The van der Waals surface area contributed by atoms with Gasteiger partial charge in [-0.2, -0.15) is 4.57 Å². The van der Waals surface area contributed by atoms with Crippen molar-refractivity contribution in [1.29, 1.82) is 0 Å². The van der Waals surface area contributed by atoms with Gasteiger partial charge in [-0.1, -0.05) is 170 Å². The Morgan fingerprint density at radius 3 is 1.42 bits per heavy atom. The van der Waals surface area contributed by atoms with Crippen LogP contribution in [0.4, 0.5) is 17.1 Å². The molecule has 0 unspecified atom stereocenters. The van der Waals surface area contributed by atoms with E-state index in [1.54, 1.807) is 0 Å². The average molecular weight is 756 g/mol. The number of rotatable bonds is 9. The summed E-state index contributed by atoms with van der Waals surface area (Å²) in [5.41, 5.74) is 13.9. The second-order valence-electron chi connectivity index (χ2n) is 14.5. The van der Waals surface area contributed by atoms with Crippen LogP contribution in [-0.2, 0) is 0 Å². The molecule has 0 atom stereocenters. The number of para-hydroxylation sites is 1. The van der Waals surface area contributed by atoms with Crippen molar-refractivity contribution in [2.75, 3.05) is 4.90 Å². The Labute approximate surface area is 344 Å². The van der Waals surface area contributed by atoms with E-state index < -0.39 is 0 Å². The number of aromatic nitrogens is 3. The summed E-state index contributed by atoms with van der Waals surface area (Å²) in [6.45, 7) is 0. The van der Waals surface area contributed by atoms with Gasteiger partial charge in [0.05, 0.1) is 17.1 Å². The summed E-state index contributed by atoms with van der Waals surface area (Å²) in [6, 6.07) is 78.8. The number of anilines is 3. The molecule has 2 aromatic heterocycles. The van der Waals surface area contributed by atoms with E-state index in [0.717, 1.165) is 62.0 Å². The van der Waals surface area contributed by atoms with Gasteiger partial charge in [0.15, 0.2) is 18.2 Å². The van der Waals surface area contributed by atoms with Gasteiger partial charge in [0.25, 0.3) is 0 Å². The number of fused-ring (bicyclic) bond motifs is 1. The van der Waals surface area contributed by atoms with Crippen LogP contribution in [-0.4, -0.2) is 9.97 Å². The summed E-state index contributed by atoms with van der Waals surface area (Å²) in [6.07, 6.45) is 4.24. The molecule has 0 saturated carbocycles. The summed E-state index contributed by atoms with van der Waals surface area (Å²) in [5.74, 6) is 0.696. The Morgan fingerprint density at radius 2 is 0.797 bits per heavy atom. The molecule has 278 valence electrons. The van der Waals surface area contributed by atoms with Crippen LogP contribution in [0.25, 0.3) is 72.6 Å². The molecule has 0 radical (unpaired) electrons. The lowest BCUT2D eigenvalue weighted by molar-refractivity contribution is -0.595. The first-order chi connectivity index (χ1) is 29.2. The molecule has 10 rings (SSSR count). The number of nitrogens with zero attached hydrogens (tertiary/aromatic N) is 4. The fourth-order valence-corrected chi connectivity index (χ4v) is 7.76. The maximum atomic E-state index is 5.17. The summed E-state index contributed by atoms with van der Waals surface area (Å²) in [7, 11) is 0. The number of hydrogen-bond donors (Lipinski definition) is 0. The Kier molecular flexibility index (Phi) is 9.55. The predicted molar refractivity (Wildman–Crippen MR) is 243 cm³/mol. The van der Waals surface area contributed by atoms with Crippen molar-refractivity contribution in [2.24, 2.45) is 0 Å².